The van der Waals surface area contributed by atoms with Gasteiger partial charge >= 0.3 is 5.97 Å². The van der Waals surface area contributed by atoms with Crippen molar-refractivity contribution in [2.45, 2.75) is 25.2 Å². The topological polar surface area (TPSA) is 55.8 Å². The predicted octanol–water partition coefficient (Wildman–Crippen LogP) is 3.89. The molecule has 1 unspecified atom stereocenters. The molecule has 0 aromatic heterocycles. The summed E-state index contributed by atoms with van der Waals surface area (Å²) in [5.74, 6) is -0.235. The summed E-state index contributed by atoms with van der Waals surface area (Å²) in [6.07, 6.45) is 2.20. The van der Waals surface area contributed by atoms with Crippen molar-refractivity contribution in [1.82, 2.24) is 0 Å². The quantitative estimate of drug-likeness (QED) is 0.803. The van der Waals surface area contributed by atoms with Gasteiger partial charge in [0.25, 0.3) is 0 Å². The van der Waals surface area contributed by atoms with E-state index >= 15 is 0 Å². The highest BCUT2D eigenvalue weighted by molar-refractivity contribution is 5.77. The largest absolute Gasteiger partial charge is 0.497 e. The zero-order valence-electron chi connectivity index (χ0n) is 13.5. The van der Waals surface area contributed by atoms with Crippen molar-refractivity contribution in [3.8, 4) is 11.5 Å². The van der Waals surface area contributed by atoms with Crippen LogP contribution in [0.4, 0.5) is 0 Å². The maximum Gasteiger partial charge on any atom is 0.311 e. The summed E-state index contributed by atoms with van der Waals surface area (Å²) in [5.41, 5.74) is 1.88. The number of rotatable bonds is 8. The molecule has 0 saturated heterocycles. The fraction of sp³-hybridized carbons (Fsp3) is 0.316. The van der Waals surface area contributed by atoms with Gasteiger partial charge in [-0.05, 0) is 43.0 Å². The molecule has 0 radical (unpaired) electrons. The molecule has 0 saturated carbocycles. The number of aliphatic carboxylic acids is 1. The van der Waals surface area contributed by atoms with Crippen LogP contribution >= 0.6 is 0 Å². The standard InChI is InChI=1S/C19H22O4/c1-22-15-11-12-18(23-2)17(13-15)16(19(20)21)10-6-9-14-7-4-3-5-8-14/h3-5,7-8,11-13,16H,6,9-10H2,1-2H3,(H,20,21). The molecule has 4 heteroatoms. The molecule has 0 aliphatic rings. The van der Waals surface area contributed by atoms with Gasteiger partial charge in [-0.3, -0.25) is 4.79 Å². The van der Waals surface area contributed by atoms with E-state index in [9.17, 15) is 9.90 Å². The van der Waals surface area contributed by atoms with Gasteiger partial charge in [0.15, 0.2) is 0 Å². The highest BCUT2D eigenvalue weighted by atomic mass is 16.5. The lowest BCUT2D eigenvalue weighted by Gasteiger charge is -2.17. The molecule has 0 fully saturated rings. The van der Waals surface area contributed by atoms with Gasteiger partial charge < -0.3 is 14.6 Å². The number of hydrogen-bond donors (Lipinski definition) is 1. The molecule has 0 heterocycles. The third-order valence-electron chi connectivity index (χ3n) is 3.91. The number of aryl methyl sites for hydroxylation is 1. The van der Waals surface area contributed by atoms with Crippen molar-refractivity contribution in [3.05, 3.63) is 59.7 Å². The Balaban J connectivity index is 2.13. The minimum absolute atomic E-state index is 0.549. The normalized spacial score (nSPS) is 11.7. The Kier molecular flexibility index (Phi) is 6.03. The summed E-state index contributed by atoms with van der Waals surface area (Å²) in [5, 5.41) is 9.61. The molecule has 2 aromatic rings. The fourth-order valence-electron chi connectivity index (χ4n) is 2.68. The van der Waals surface area contributed by atoms with E-state index in [0.717, 1.165) is 12.8 Å². The molecule has 2 rings (SSSR count). The summed E-state index contributed by atoms with van der Waals surface area (Å²) < 4.78 is 10.5. The lowest BCUT2D eigenvalue weighted by molar-refractivity contribution is -0.139. The fourth-order valence-corrected chi connectivity index (χ4v) is 2.68. The molecule has 23 heavy (non-hydrogen) atoms. The van der Waals surface area contributed by atoms with Crippen LogP contribution < -0.4 is 9.47 Å². The third-order valence-corrected chi connectivity index (χ3v) is 3.91. The lowest BCUT2D eigenvalue weighted by atomic mass is 9.91. The molecule has 0 aliphatic heterocycles. The van der Waals surface area contributed by atoms with E-state index in [4.69, 9.17) is 9.47 Å². The van der Waals surface area contributed by atoms with E-state index in [0.29, 0.717) is 23.5 Å². The van der Waals surface area contributed by atoms with Crippen molar-refractivity contribution in [2.75, 3.05) is 14.2 Å². The molecule has 0 aliphatic carbocycles. The van der Waals surface area contributed by atoms with Crippen LogP contribution in [0.5, 0.6) is 11.5 Å². The first-order valence-electron chi connectivity index (χ1n) is 7.64. The lowest BCUT2D eigenvalue weighted by Crippen LogP contribution is -2.13. The Labute approximate surface area is 136 Å². The number of ether oxygens (including phenoxy) is 2. The smallest absolute Gasteiger partial charge is 0.311 e. The molecule has 1 atom stereocenters. The van der Waals surface area contributed by atoms with Gasteiger partial charge in [-0.25, -0.2) is 0 Å². The molecule has 2 aromatic carbocycles. The average Bonchev–Trinajstić information content (AvgIpc) is 2.58. The molecule has 4 nitrogen and oxygen atoms in total. The van der Waals surface area contributed by atoms with Gasteiger partial charge in [-0.15, -0.1) is 0 Å². The summed E-state index contributed by atoms with van der Waals surface area (Å²) in [4.78, 5) is 11.7. The Bertz CT molecular complexity index is 637. The van der Waals surface area contributed by atoms with Crippen LogP contribution in [0.2, 0.25) is 0 Å². The number of carbonyl (C=O) groups is 1. The first kappa shape index (κ1) is 16.9. The van der Waals surface area contributed by atoms with Gasteiger partial charge in [0.1, 0.15) is 11.5 Å². The van der Waals surface area contributed by atoms with Crippen molar-refractivity contribution < 1.29 is 19.4 Å². The molecule has 122 valence electrons. The second-order valence-electron chi connectivity index (χ2n) is 5.38. The third kappa shape index (κ3) is 4.49. The first-order chi connectivity index (χ1) is 11.2. The Hall–Kier alpha value is -2.49. The molecule has 0 spiro atoms. The zero-order valence-corrected chi connectivity index (χ0v) is 13.5. The number of carboxylic acid groups (broad SMARTS) is 1. The second kappa shape index (κ2) is 8.22. The minimum atomic E-state index is -0.843. The summed E-state index contributed by atoms with van der Waals surface area (Å²) in [6, 6.07) is 15.4. The van der Waals surface area contributed by atoms with Crippen LogP contribution in [-0.2, 0) is 11.2 Å². The summed E-state index contributed by atoms with van der Waals surface area (Å²) in [6.45, 7) is 0. The molecule has 0 bridgehead atoms. The van der Waals surface area contributed by atoms with E-state index < -0.39 is 11.9 Å². The molecule has 1 N–H and O–H groups in total. The van der Waals surface area contributed by atoms with Crippen LogP contribution in [-0.4, -0.2) is 25.3 Å². The minimum Gasteiger partial charge on any atom is -0.497 e. The van der Waals surface area contributed by atoms with Crippen molar-refractivity contribution in [3.63, 3.8) is 0 Å². The van der Waals surface area contributed by atoms with E-state index in [1.54, 1.807) is 32.4 Å². The Morgan fingerprint density at radius 2 is 1.83 bits per heavy atom. The van der Waals surface area contributed by atoms with Crippen LogP contribution in [0, 0.1) is 0 Å². The molecular weight excluding hydrogens is 292 g/mol. The summed E-state index contributed by atoms with van der Waals surface area (Å²) in [7, 11) is 3.12. The maximum atomic E-state index is 11.7. The number of carboxylic acids is 1. The first-order valence-corrected chi connectivity index (χ1v) is 7.64. The number of benzene rings is 2. The zero-order chi connectivity index (χ0) is 16.7. The average molecular weight is 314 g/mol. The highest BCUT2D eigenvalue weighted by Gasteiger charge is 2.23. The van der Waals surface area contributed by atoms with Crippen LogP contribution in [0.3, 0.4) is 0 Å². The van der Waals surface area contributed by atoms with E-state index in [1.165, 1.54) is 5.56 Å². The van der Waals surface area contributed by atoms with Gasteiger partial charge in [-0.1, -0.05) is 30.3 Å². The Morgan fingerprint density at radius 1 is 1.09 bits per heavy atom. The van der Waals surface area contributed by atoms with Crippen LogP contribution in [0.15, 0.2) is 48.5 Å². The number of methoxy groups -OCH3 is 2. The number of hydrogen-bond acceptors (Lipinski definition) is 3. The Morgan fingerprint density at radius 3 is 2.43 bits per heavy atom. The van der Waals surface area contributed by atoms with Gasteiger partial charge in [0.05, 0.1) is 20.1 Å². The summed E-state index contributed by atoms with van der Waals surface area (Å²) >= 11 is 0. The van der Waals surface area contributed by atoms with Crippen molar-refractivity contribution >= 4 is 5.97 Å². The van der Waals surface area contributed by atoms with E-state index in [2.05, 4.69) is 12.1 Å². The van der Waals surface area contributed by atoms with Crippen LogP contribution in [0.25, 0.3) is 0 Å². The van der Waals surface area contributed by atoms with Crippen molar-refractivity contribution in [1.29, 1.82) is 0 Å². The molecular formula is C19H22O4. The highest BCUT2D eigenvalue weighted by Crippen LogP contribution is 2.33. The van der Waals surface area contributed by atoms with Gasteiger partial charge in [0, 0.05) is 5.56 Å². The second-order valence-corrected chi connectivity index (χ2v) is 5.38. The van der Waals surface area contributed by atoms with E-state index in [-0.39, 0.29) is 0 Å². The van der Waals surface area contributed by atoms with Crippen molar-refractivity contribution in [2.24, 2.45) is 0 Å². The van der Waals surface area contributed by atoms with Crippen LogP contribution in [0.1, 0.15) is 29.9 Å². The predicted molar refractivity (Wildman–Crippen MR) is 89.3 cm³/mol. The van der Waals surface area contributed by atoms with E-state index in [1.807, 2.05) is 18.2 Å². The SMILES string of the molecule is COc1ccc(OC)c(C(CCCc2ccccc2)C(=O)O)c1. The maximum absolute atomic E-state index is 11.7. The van der Waals surface area contributed by atoms with Gasteiger partial charge in [0.2, 0.25) is 0 Å². The monoisotopic (exact) mass is 314 g/mol. The molecule has 0 amide bonds. The van der Waals surface area contributed by atoms with Gasteiger partial charge in [-0.2, -0.15) is 0 Å².